The third kappa shape index (κ3) is 3.47. The van der Waals surface area contributed by atoms with Crippen LogP contribution in [0.15, 0.2) is 10.9 Å². The molecular weight excluding hydrogens is 378 g/mol. The van der Waals surface area contributed by atoms with Gasteiger partial charge in [-0.2, -0.15) is 0 Å². The summed E-state index contributed by atoms with van der Waals surface area (Å²) in [5.74, 6) is 0.466. The number of aromatic nitrogens is 3. The molecular formula is C23H33N5O2. The van der Waals surface area contributed by atoms with E-state index in [1.165, 1.54) is 25.7 Å². The number of hydrogen-bond acceptors (Lipinski definition) is 4. The number of carbonyl (C=O) groups excluding carboxylic acids is 1. The number of fused-ring (bicyclic) bond motifs is 2. The lowest BCUT2D eigenvalue weighted by molar-refractivity contribution is -0.135. The molecule has 1 aliphatic carbocycles. The molecule has 30 heavy (non-hydrogen) atoms. The summed E-state index contributed by atoms with van der Waals surface area (Å²) in [5, 5.41) is 3.34. The van der Waals surface area contributed by atoms with Crippen molar-refractivity contribution >= 4 is 11.6 Å². The molecule has 4 heterocycles. The maximum absolute atomic E-state index is 13.3. The van der Waals surface area contributed by atoms with Gasteiger partial charge in [0.2, 0.25) is 5.91 Å². The minimum absolute atomic E-state index is 0.0188. The lowest BCUT2D eigenvalue weighted by Crippen LogP contribution is -2.41. The molecule has 5 rings (SSSR count). The molecule has 2 fully saturated rings. The first kappa shape index (κ1) is 19.8. The van der Waals surface area contributed by atoms with Crippen LogP contribution >= 0.6 is 0 Å². The fourth-order valence-electron chi connectivity index (χ4n) is 5.61. The Morgan fingerprint density at radius 2 is 1.97 bits per heavy atom. The Balaban J connectivity index is 1.42. The molecule has 0 bridgehead atoms. The highest BCUT2D eigenvalue weighted by atomic mass is 16.2. The van der Waals surface area contributed by atoms with Gasteiger partial charge >= 0.3 is 0 Å². The predicted molar refractivity (Wildman–Crippen MR) is 116 cm³/mol. The second-order valence-electron chi connectivity index (χ2n) is 9.68. The van der Waals surface area contributed by atoms with E-state index in [0.29, 0.717) is 12.6 Å². The third-order valence-electron chi connectivity index (χ3n) is 7.32. The van der Waals surface area contributed by atoms with E-state index in [0.717, 1.165) is 61.5 Å². The smallest absolute Gasteiger partial charge is 0.277 e. The lowest BCUT2D eigenvalue weighted by atomic mass is 9.94. The van der Waals surface area contributed by atoms with Gasteiger partial charge in [0.05, 0.1) is 11.3 Å². The second kappa shape index (κ2) is 7.84. The van der Waals surface area contributed by atoms with Gasteiger partial charge < -0.3 is 4.90 Å². The van der Waals surface area contributed by atoms with Gasteiger partial charge in [0, 0.05) is 62.2 Å². The van der Waals surface area contributed by atoms with E-state index in [4.69, 9.17) is 4.98 Å². The van der Waals surface area contributed by atoms with Gasteiger partial charge in [-0.05, 0) is 25.7 Å². The van der Waals surface area contributed by atoms with Gasteiger partial charge in [-0.1, -0.05) is 26.7 Å². The average molecular weight is 412 g/mol. The fourth-order valence-corrected chi connectivity index (χ4v) is 5.61. The maximum Gasteiger partial charge on any atom is 0.277 e. The van der Waals surface area contributed by atoms with Crippen LogP contribution in [0.3, 0.4) is 0 Å². The number of H-pyrrole nitrogens is 1. The van der Waals surface area contributed by atoms with Crippen molar-refractivity contribution < 1.29 is 4.79 Å². The molecule has 0 unspecified atom stereocenters. The first-order chi connectivity index (χ1) is 14.5. The van der Waals surface area contributed by atoms with E-state index in [9.17, 15) is 9.59 Å². The Bertz CT molecular complexity index is 1000. The highest BCUT2D eigenvalue weighted by molar-refractivity contribution is 5.78. The first-order valence-corrected chi connectivity index (χ1v) is 11.7. The van der Waals surface area contributed by atoms with Crippen LogP contribution in [0.4, 0.5) is 0 Å². The molecule has 1 saturated heterocycles. The van der Waals surface area contributed by atoms with Gasteiger partial charge in [-0.25, -0.2) is 9.50 Å². The van der Waals surface area contributed by atoms with Crippen molar-refractivity contribution in [1.29, 1.82) is 0 Å². The van der Waals surface area contributed by atoms with Crippen LogP contribution in [0.1, 0.15) is 75.2 Å². The van der Waals surface area contributed by atoms with E-state index in [2.05, 4.69) is 10.00 Å². The Morgan fingerprint density at radius 3 is 2.73 bits per heavy atom. The van der Waals surface area contributed by atoms with Gasteiger partial charge in [-0.3, -0.25) is 19.6 Å². The van der Waals surface area contributed by atoms with Crippen molar-refractivity contribution in [2.24, 2.45) is 5.92 Å². The van der Waals surface area contributed by atoms with Gasteiger partial charge in [0.25, 0.3) is 5.56 Å². The van der Waals surface area contributed by atoms with Gasteiger partial charge in [0.1, 0.15) is 0 Å². The molecule has 2 aromatic rings. The van der Waals surface area contributed by atoms with Crippen LogP contribution in [0, 0.1) is 5.92 Å². The van der Waals surface area contributed by atoms with Crippen molar-refractivity contribution in [2.75, 3.05) is 19.6 Å². The first-order valence-electron chi connectivity index (χ1n) is 11.7. The average Bonchev–Trinajstić information content (AvgIpc) is 3.43. The number of likely N-dealkylation sites (tertiary alicyclic amines) is 1. The zero-order chi connectivity index (χ0) is 20.8. The van der Waals surface area contributed by atoms with Crippen LogP contribution in [0.2, 0.25) is 0 Å². The summed E-state index contributed by atoms with van der Waals surface area (Å²) in [7, 11) is 0. The SMILES string of the molecule is CC(C)C(=O)N1CCC[C@H](c2cc3nc4c(c(=O)n3[nH]2)CN(C2CCCC2)CC4)C1. The number of aromatic amines is 1. The van der Waals surface area contributed by atoms with E-state index >= 15 is 0 Å². The molecule has 0 radical (unpaired) electrons. The van der Waals surface area contributed by atoms with Crippen LogP contribution < -0.4 is 5.56 Å². The molecule has 7 nitrogen and oxygen atoms in total. The van der Waals surface area contributed by atoms with Crippen molar-refractivity contribution in [3.8, 4) is 0 Å². The zero-order valence-corrected chi connectivity index (χ0v) is 18.2. The Morgan fingerprint density at radius 1 is 1.17 bits per heavy atom. The van der Waals surface area contributed by atoms with Crippen LogP contribution in [-0.2, 0) is 17.8 Å². The summed E-state index contributed by atoms with van der Waals surface area (Å²) in [5.41, 5.74) is 3.63. The maximum atomic E-state index is 13.3. The molecule has 1 atom stereocenters. The number of piperidine rings is 1. The number of rotatable bonds is 3. The number of hydrogen-bond donors (Lipinski definition) is 1. The molecule has 1 saturated carbocycles. The van der Waals surface area contributed by atoms with E-state index in [1.807, 2.05) is 24.8 Å². The van der Waals surface area contributed by atoms with Crippen molar-refractivity contribution in [1.82, 2.24) is 24.4 Å². The zero-order valence-electron chi connectivity index (χ0n) is 18.2. The normalized spacial score (nSPS) is 23.4. The van der Waals surface area contributed by atoms with Crippen molar-refractivity contribution in [3.63, 3.8) is 0 Å². The minimum Gasteiger partial charge on any atom is -0.342 e. The summed E-state index contributed by atoms with van der Waals surface area (Å²) >= 11 is 0. The molecule has 1 N–H and O–H groups in total. The predicted octanol–water partition coefficient (Wildman–Crippen LogP) is 2.69. The fraction of sp³-hybridized carbons (Fsp3) is 0.696. The van der Waals surface area contributed by atoms with Crippen molar-refractivity contribution in [2.45, 2.75) is 77.3 Å². The number of amides is 1. The number of nitrogens with zero attached hydrogens (tertiary/aromatic N) is 4. The quantitative estimate of drug-likeness (QED) is 0.843. The van der Waals surface area contributed by atoms with Crippen LogP contribution in [0.5, 0.6) is 0 Å². The minimum atomic E-state index is 0.0188. The molecule has 1 amide bonds. The van der Waals surface area contributed by atoms with Crippen LogP contribution in [-0.4, -0.2) is 56.0 Å². The molecule has 3 aliphatic rings. The molecule has 7 heteroatoms. The number of carbonyl (C=O) groups is 1. The van der Waals surface area contributed by atoms with E-state index < -0.39 is 0 Å². The molecule has 2 aliphatic heterocycles. The molecule has 162 valence electrons. The Labute approximate surface area is 177 Å². The molecule has 0 aromatic carbocycles. The highest BCUT2D eigenvalue weighted by Gasteiger charge is 2.30. The Kier molecular flexibility index (Phi) is 5.17. The topological polar surface area (TPSA) is 73.7 Å². The highest BCUT2D eigenvalue weighted by Crippen LogP contribution is 2.29. The van der Waals surface area contributed by atoms with Gasteiger partial charge in [-0.15, -0.1) is 0 Å². The number of nitrogens with one attached hydrogen (secondary N) is 1. The van der Waals surface area contributed by atoms with E-state index in [-0.39, 0.29) is 23.3 Å². The molecule has 2 aromatic heterocycles. The van der Waals surface area contributed by atoms with Gasteiger partial charge in [0.15, 0.2) is 5.65 Å². The third-order valence-corrected chi connectivity index (χ3v) is 7.32. The summed E-state index contributed by atoms with van der Waals surface area (Å²) < 4.78 is 1.63. The second-order valence-corrected chi connectivity index (χ2v) is 9.68. The summed E-state index contributed by atoms with van der Waals surface area (Å²) in [6.45, 7) is 7.19. The monoisotopic (exact) mass is 411 g/mol. The molecule has 0 spiro atoms. The Hall–Kier alpha value is -2.15. The van der Waals surface area contributed by atoms with Crippen LogP contribution in [0.25, 0.3) is 5.65 Å². The largest absolute Gasteiger partial charge is 0.342 e. The standard InChI is InChI=1S/C23H33N5O2/c1-15(2)22(29)27-10-5-6-16(13-27)20-12-21-24-19-9-11-26(17-7-3-4-8-17)14-18(19)23(30)28(21)25-20/h12,15-17,25H,3-11,13-14H2,1-2H3/t16-/m0/s1. The lowest BCUT2D eigenvalue weighted by Gasteiger charge is -2.33. The summed E-state index contributed by atoms with van der Waals surface area (Å²) in [6, 6.07) is 2.66. The van der Waals surface area contributed by atoms with E-state index in [1.54, 1.807) is 4.52 Å². The summed E-state index contributed by atoms with van der Waals surface area (Å²) in [4.78, 5) is 35.1. The summed E-state index contributed by atoms with van der Waals surface area (Å²) in [6.07, 6.45) is 8.01. The van der Waals surface area contributed by atoms with Crippen molar-refractivity contribution in [3.05, 3.63) is 33.4 Å².